The monoisotopic (exact) mass is 350 g/mol. The molecule has 0 N–H and O–H groups in total. The van der Waals surface area contributed by atoms with Crippen LogP contribution in [0.5, 0.6) is 0 Å². The van der Waals surface area contributed by atoms with Crippen LogP contribution < -0.4 is 4.31 Å². The summed E-state index contributed by atoms with van der Waals surface area (Å²) in [4.78, 5) is 26.6. The number of nitrogens with zero attached hydrogens (tertiary/aromatic N) is 2. The Kier molecular flexibility index (Phi) is 4.38. The molecule has 0 aromatic heterocycles. The number of benzene rings is 1. The molecule has 0 aliphatic carbocycles. The highest BCUT2D eigenvalue weighted by atomic mass is 32.2. The van der Waals surface area contributed by atoms with Crippen LogP contribution in [0, 0.1) is 11.8 Å². The molecule has 2 aliphatic rings. The number of likely N-dealkylation sites (tertiary alicyclic amines) is 1. The van der Waals surface area contributed by atoms with E-state index in [9.17, 15) is 18.0 Å². The number of rotatable bonds is 2. The van der Waals surface area contributed by atoms with E-state index >= 15 is 0 Å². The van der Waals surface area contributed by atoms with Crippen LogP contribution in [-0.4, -0.2) is 44.0 Å². The van der Waals surface area contributed by atoms with Gasteiger partial charge in [-0.2, -0.15) is 0 Å². The van der Waals surface area contributed by atoms with Crippen molar-refractivity contribution in [2.45, 2.75) is 26.7 Å². The Hall–Kier alpha value is -1.89. The fourth-order valence-corrected chi connectivity index (χ4v) is 5.06. The molecule has 3 rings (SSSR count). The van der Waals surface area contributed by atoms with Gasteiger partial charge >= 0.3 is 0 Å². The Morgan fingerprint density at radius 2 is 1.83 bits per heavy atom. The second-order valence-corrected chi connectivity index (χ2v) is 8.67. The lowest BCUT2D eigenvalue weighted by Crippen LogP contribution is -2.38. The molecule has 0 bridgehead atoms. The number of amides is 2. The van der Waals surface area contributed by atoms with Gasteiger partial charge in [0.1, 0.15) is 0 Å². The summed E-state index contributed by atoms with van der Waals surface area (Å²) in [5.41, 5.74) is 0.671. The minimum absolute atomic E-state index is 0.110. The number of carbonyl (C=O) groups excluding carboxylic acids is 2. The maximum absolute atomic E-state index is 12.7. The maximum atomic E-state index is 12.7. The smallest absolute Gasteiger partial charge is 0.253 e. The first-order valence-corrected chi connectivity index (χ1v) is 9.86. The molecule has 2 heterocycles. The van der Waals surface area contributed by atoms with Gasteiger partial charge in [0, 0.05) is 18.7 Å². The van der Waals surface area contributed by atoms with Crippen molar-refractivity contribution in [2.24, 2.45) is 11.8 Å². The average molecular weight is 350 g/mol. The van der Waals surface area contributed by atoms with Crippen molar-refractivity contribution in [3.8, 4) is 0 Å². The van der Waals surface area contributed by atoms with Crippen LogP contribution >= 0.6 is 0 Å². The van der Waals surface area contributed by atoms with E-state index in [4.69, 9.17) is 0 Å². The molecule has 2 saturated heterocycles. The van der Waals surface area contributed by atoms with Crippen molar-refractivity contribution in [1.82, 2.24) is 4.90 Å². The van der Waals surface area contributed by atoms with E-state index < -0.39 is 21.8 Å². The Morgan fingerprint density at radius 3 is 2.42 bits per heavy atom. The van der Waals surface area contributed by atoms with E-state index in [2.05, 4.69) is 6.92 Å². The molecule has 1 unspecified atom stereocenters. The molecule has 130 valence electrons. The highest BCUT2D eigenvalue weighted by Crippen LogP contribution is 2.29. The third-order valence-corrected chi connectivity index (χ3v) is 6.63. The van der Waals surface area contributed by atoms with Crippen molar-refractivity contribution in [3.05, 3.63) is 29.8 Å². The van der Waals surface area contributed by atoms with Gasteiger partial charge in [0.15, 0.2) is 0 Å². The van der Waals surface area contributed by atoms with Gasteiger partial charge in [0.25, 0.3) is 5.91 Å². The number of piperidine rings is 1. The number of carbonyl (C=O) groups is 2. The number of sulfonamides is 1. The van der Waals surface area contributed by atoms with Crippen molar-refractivity contribution in [2.75, 3.05) is 23.1 Å². The second-order valence-electron chi connectivity index (χ2n) is 6.81. The summed E-state index contributed by atoms with van der Waals surface area (Å²) in [6.45, 7) is 5.20. The van der Waals surface area contributed by atoms with Gasteiger partial charge in [-0.3, -0.25) is 9.59 Å². The van der Waals surface area contributed by atoms with Crippen molar-refractivity contribution >= 4 is 27.5 Å². The van der Waals surface area contributed by atoms with E-state index in [1.165, 1.54) is 6.07 Å². The summed E-state index contributed by atoms with van der Waals surface area (Å²) in [7, 11) is -3.65. The predicted molar refractivity (Wildman–Crippen MR) is 91.2 cm³/mol. The Bertz CT molecular complexity index is 767. The van der Waals surface area contributed by atoms with Crippen LogP contribution in [-0.2, 0) is 14.8 Å². The predicted octanol–water partition coefficient (Wildman–Crippen LogP) is 1.87. The van der Waals surface area contributed by atoms with E-state index in [1.807, 2.05) is 0 Å². The van der Waals surface area contributed by atoms with Crippen molar-refractivity contribution < 1.29 is 18.0 Å². The molecule has 1 aromatic carbocycles. The molecule has 2 aliphatic heterocycles. The second kappa shape index (κ2) is 6.20. The first-order chi connectivity index (χ1) is 11.3. The lowest BCUT2D eigenvalue weighted by atomic mass is 9.98. The molecule has 1 atom stereocenters. The largest absolute Gasteiger partial charge is 0.339 e. The standard InChI is InChI=1S/C17H22N2O4S/c1-12-6-8-18(9-7-12)17(21)14-4-3-5-15(10-14)19-16(20)13(2)11-24(19,22)23/h3-5,10,12-13H,6-9,11H2,1-2H3. The van der Waals surface area contributed by atoms with E-state index in [1.54, 1.807) is 30.0 Å². The third-order valence-electron chi connectivity index (χ3n) is 4.76. The molecule has 24 heavy (non-hydrogen) atoms. The topological polar surface area (TPSA) is 74.8 Å². The molecular weight excluding hydrogens is 328 g/mol. The van der Waals surface area contributed by atoms with Crippen LogP contribution in [0.1, 0.15) is 37.0 Å². The molecule has 2 fully saturated rings. The van der Waals surface area contributed by atoms with Crippen LogP contribution in [0.3, 0.4) is 0 Å². The summed E-state index contributed by atoms with van der Waals surface area (Å²) in [6.07, 6.45) is 1.95. The van der Waals surface area contributed by atoms with E-state index in [-0.39, 0.29) is 17.3 Å². The fourth-order valence-electron chi connectivity index (χ4n) is 3.25. The lowest BCUT2D eigenvalue weighted by molar-refractivity contribution is -0.119. The minimum Gasteiger partial charge on any atom is -0.339 e. The zero-order valence-electron chi connectivity index (χ0n) is 13.9. The van der Waals surface area contributed by atoms with Gasteiger partial charge in [-0.05, 0) is 37.0 Å². The maximum Gasteiger partial charge on any atom is 0.253 e. The minimum atomic E-state index is -3.65. The summed E-state index contributed by atoms with van der Waals surface area (Å²) in [6, 6.07) is 6.36. The number of anilines is 1. The van der Waals surface area contributed by atoms with E-state index in [0.29, 0.717) is 24.6 Å². The first-order valence-electron chi connectivity index (χ1n) is 8.26. The Labute approximate surface area is 142 Å². The molecule has 2 amide bonds. The zero-order chi connectivity index (χ0) is 17.5. The average Bonchev–Trinajstić information content (AvgIpc) is 2.75. The van der Waals surface area contributed by atoms with Gasteiger partial charge in [0.05, 0.1) is 17.4 Å². The molecule has 0 saturated carbocycles. The van der Waals surface area contributed by atoms with Gasteiger partial charge < -0.3 is 4.90 Å². The molecule has 0 spiro atoms. The normalized spacial score (nSPS) is 24.4. The quantitative estimate of drug-likeness (QED) is 0.816. The molecule has 7 heteroatoms. The Balaban J connectivity index is 1.87. The summed E-state index contributed by atoms with van der Waals surface area (Å²) < 4.78 is 25.3. The summed E-state index contributed by atoms with van der Waals surface area (Å²) >= 11 is 0. The number of hydrogen-bond donors (Lipinski definition) is 0. The highest BCUT2D eigenvalue weighted by molar-refractivity contribution is 7.94. The van der Waals surface area contributed by atoms with Crippen LogP contribution in [0.15, 0.2) is 24.3 Å². The molecular formula is C17H22N2O4S. The van der Waals surface area contributed by atoms with Crippen molar-refractivity contribution in [1.29, 1.82) is 0 Å². The fraction of sp³-hybridized carbons (Fsp3) is 0.529. The van der Waals surface area contributed by atoms with Gasteiger partial charge in [-0.15, -0.1) is 0 Å². The summed E-state index contributed by atoms with van der Waals surface area (Å²) in [5, 5.41) is 0. The molecule has 0 radical (unpaired) electrons. The van der Waals surface area contributed by atoms with Crippen LogP contribution in [0.2, 0.25) is 0 Å². The summed E-state index contributed by atoms with van der Waals surface area (Å²) in [5.74, 6) is -0.673. The lowest BCUT2D eigenvalue weighted by Gasteiger charge is -2.30. The molecule has 6 nitrogen and oxygen atoms in total. The van der Waals surface area contributed by atoms with Gasteiger partial charge in [0.2, 0.25) is 15.9 Å². The zero-order valence-corrected chi connectivity index (χ0v) is 14.8. The van der Waals surface area contributed by atoms with Crippen LogP contribution in [0.4, 0.5) is 5.69 Å². The van der Waals surface area contributed by atoms with Gasteiger partial charge in [-0.1, -0.05) is 19.9 Å². The van der Waals surface area contributed by atoms with Gasteiger partial charge in [-0.25, -0.2) is 12.7 Å². The SMILES string of the molecule is CC1CCN(C(=O)c2cccc(N3C(=O)C(C)CS3(=O)=O)c2)CC1. The van der Waals surface area contributed by atoms with E-state index in [0.717, 1.165) is 17.1 Å². The van der Waals surface area contributed by atoms with Crippen molar-refractivity contribution in [3.63, 3.8) is 0 Å². The van der Waals surface area contributed by atoms with Crippen LogP contribution in [0.25, 0.3) is 0 Å². The third kappa shape index (κ3) is 3.05. The number of hydrogen-bond acceptors (Lipinski definition) is 4. The Morgan fingerprint density at radius 1 is 1.17 bits per heavy atom. The molecule has 1 aromatic rings. The first kappa shape index (κ1) is 17.0. The highest BCUT2D eigenvalue weighted by Gasteiger charge is 2.42.